The average Bonchev–Trinajstić information content (AvgIpc) is 2.37. The Morgan fingerprint density at radius 1 is 0.889 bits per heavy atom. The Morgan fingerprint density at radius 2 is 1.50 bits per heavy atom. The van der Waals surface area contributed by atoms with E-state index < -0.39 is 0 Å². The zero-order valence-electron chi connectivity index (χ0n) is 10.1. The first-order valence-corrected chi connectivity index (χ1v) is 6.00. The van der Waals surface area contributed by atoms with E-state index in [-0.39, 0.29) is 0 Å². The van der Waals surface area contributed by atoms with Gasteiger partial charge in [-0.2, -0.15) is 5.26 Å². The fourth-order valence-corrected chi connectivity index (χ4v) is 1.99. The van der Waals surface area contributed by atoms with Crippen LogP contribution in [0.4, 0.5) is 0 Å². The van der Waals surface area contributed by atoms with Crippen LogP contribution in [0.5, 0.6) is 5.75 Å². The fraction of sp³-hybridized carbons (Fsp3) is 0.188. The molecule has 2 rings (SSSR count). The van der Waals surface area contributed by atoms with Gasteiger partial charge in [0.05, 0.1) is 12.5 Å². The lowest BCUT2D eigenvalue weighted by molar-refractivity contribution is 0.474. The van der Waals surface area contributed by atoms with Crippen LogP contribution in [0.3, 0.4) is 0 Å². The Kier molecular flexibility index (Phi) is 3.98. The molecule has 0 saturated carbocycles. The van der Waals surface area contributed by atoms with Crippen LogP contribution in [-0.2, 0) is 19.3 Å². The van der Waals surface area contributed by atoms with Gasteiger partial charge in [-0.25, -0.2) is 0 Å². The minimum absolute atomic E-state index is 0.311. The number of hydrogen-bond donors (Lipinski definition) is 1. The summed E-state index contributed by atoms with van der Waals surface area (Å²) in [6.07, 6.45) is 2.27. The van der Waals surface area contributed by atoms with Gasteiger partial charge >= 0.3 is 0 Å². The van der Waals surface area contributed by atoms with Crippen LogP contribution in [0.1, 0.15) is 16.7 Å². The van der Waals surface area contributed by atoms with Crippen LogP contribution < -0.4 is 0 Å². The van der Waals surface area contributed by atoms with Crippen molar-refractivity contribution < 1.29 is 5.11 Å². The minimum Gasteiger partial charge on any atom is -0.508 e. The second-order valence-corrected chi connectivity index (χ2v) is 4.32. The molecular weight excluding hydrogens is 222 g/mol. The number of phenols is 1. The molecule has 0 atom stereocenters. The molecule has 0 aliphatic carbocycles. The van der Waals surface area contributed by atoms with Gasteiger partial charge in [0.1, 0.15) is 5.75 Å². The maximum absolute atomic E-state index is 9.39. The second kappa shape index (κ2) is 5.88. The van der Waals surface area contributed by atoms with Crippen LogP contribution >= 0.6 is 0 Å². The van der Waals surface area contributed by atoms with Crippen LogP contribution in [-0.4, -0.2) is 5.11 Å². The van der Waals surface area contributed by atoms with Gasteiger partial charge in [0.25, 0.3) is 0 Å². The van der Waals surface area contributed by atoms with Crippen molar-refractivity contribution in [3.05, 3.63) is 65.2 Å². The number of nitriles is 1. The van der Waals surface area contributed by atoms with Gasteiger partial charge in [0, 0.05) is 0 Å². The standard InChI is InChI=1S/C16H15NO/c17-10-9-15-4-1-3-13(11-15)7-8-14-5-2-6-16(18)12-14/h1-6,11-12,18H,7-9H2. The quantitative estimate of drug-likeness (QED) is 0.887. The molecule has 0 spiro atoms. The van der Waals surface area contributed by atoms with E-state index in [1.807, 2.05) is 24.3 Å². The van der Waals surface area contributed by atoms with E-state index in [0.717, 1.165) is 24.0 Å². The SMILES string of the molecule is N#CCc1cccc(CCc2cccc(O)c2)c1. The van der Waals surface area contributed by atoms with Crippen molar-refractivity contribution in [2.75, 3.05) is 0 Å². The number of phenolic OH excluding ortho intramolecular Hbond substituents is 1. The maximum atomic E-state index is 9.39. The van der Waals surface area contributed by atoms with Crippen LogP contribution in [0, 0.1) is 11.3 Å². The Labute approximate surface area is 107 Å². The van der Waals surface area contributed by atoms with E-state index in [4.69, 9.17) is 5.26 Å². The molecule has 0 unspecified atom stereocenters. The number of nitrogens with zero attached hydrogens (tertiary/aromatic N) is 1. The van der Waals surface area contributed by atoms with Gasteiger partial charge in [0.2, 0.25) is 0 Å². The molecule has 0 heterocycles. The molecule has 90 valence electrons. The number of aryl methyl sites for hydroxylation is 2. The van der Waals surface area contributed by atoms with Crippen LogP contribution in [0.25, 0.3) is 0 Å². The monoisotopic (exact) mass is 237 g/mol. The largest absolute Gasteiger partial charge is 0.508 e. The van der Waals surface area contributed by atoms with Crippen molar-refractivity contribution >= 4 is 0 Å². The van der Waals surface area contributed by atoms with Gasteiger partial charge in [0.15, 0.2) is 0 Å². The van der Waals surface area contributed by atoms with Gasteiger partial charge in [-0.3, -0.25) is 0 Å². The summed E-state index contributed by atoms with van der Waals surface area (Å²) in [7, 11) is 0. The summed E-state index contributed by atoms with van der Waals surface area (Å²) in [6, 6.07) is 17.6. The molecule has 0 aromatic heterocycles. The zero-order chi connectivity index (χ0) is 12.8. The Morgan fingerprint density at radius 3 is 2.17 bits per heavy atom. The highest BCUT2D eigenvalue weighted by Crippen LogP contribution is 2.14. The zero-order valence-corrected chi connectivity index (χ0v) is 10.1. The lowest BCUT2D eigenvalue weighted by Crippen LogP contribution is -1.92. The van der Waals surface area contributed by atoms with Crippen molar-refractivity contribution in [1.29, 1.82) is 5.26 Å². The highest BCUT2D eigenvalue weighted by atomic mass is 16.3. The summed E-state index contributed by atoms with van der Waals surface area (Å²) in [5.41, 5.74) is 3.41. The molecule has 2 aromatic rings. The van der Waals surface area contributed by atoms with E-state index >= 15 is 0 Å². The molecule has 0 saturated heterocycles. The Balaban J connectivity index is 2.02. The molecule has 0 radical (unpaired) electrons. The smallest absolute Gasteiger partial charge is 0.115 e. The normalized spacial score (nSPS) is 9.94. The van der Waals surface area contributed by atoms with Gasteiger partial charge < -0.3 is 5.11 Å². The first kappa shape index (κ1) is 12.2. The third-order valence-electron chi connectivity index (χ3n) is 2.89. The number of aromatic hydroxyl groups is 1. The topological polar surface area (TPSA) is 44.0 Å². The van der Waals surface area contributed by atoms with E-state index in [1.165, 1.54) is 5.56 Å². The summed E-state index contributed by atoms with van der Waals surface area (Å²) in [5, 5.41) is 18.1. The predicted octanol–water partition coefficient (Wildman–Crippen LogP) is 3.24. The lowest BCUT2D eigenvalue weighted by Gasteiger charge is -2.04. The number of benzene rings is 2. The number of rotatable bonds is 4. The molecule has 2 nitrogen and oxygen atoms in total. The summed E-state index contributed by atoms with van der Waals surface area (Å²) in [5.74, 6) is 0.311. The van der Waals surface area contributed by atoms with E-state index in [2.05, 4.69) is 18.2 Å². The minimum atomic E-state index is 0.311. The molecule has 0 aliphatic heterocycles. The van der Waals surface area contributed by atoms with Crippen LogP contribution in [0.15, 0.2) is 48.5 Å². The third-order valence-corrected chi connectivity index (χ3v) is 2.89. The summed E-state index contributed by atoms with van der Waals surface area (Å²) in [6.45, 7) is 0. The molecular formula is C16H15NO. The van der Waals surface area contributed by atoms with Gasteiger partial charge in [-0.1, -0.05) is 36.4 Å². The average molecular weight is 237 g/mol. The Bertz CT molecular complexity index is 569. The second-order valence-electron chi connectivity index (χ2n) is 4.32. The van der Waals surface area contributed by atoms with Crippen LogP contribution in [0.2, 0.25) is 0 Å². The first-order chi connectivity index (χ1) is 8.78. The maximum Gasteiger partial charge on any atom is 0.115 e. The molecule has 0 fully saturated rings. The molecule has 1 N–H and O–H groups in total. The molecule has 2 heteroatoms. The summed E-state index contributed by atoms with van der Waals surface area (Å²) >= 11 is 0. The first-order valence-electron chi connectivity index (χ1n) is 6.00. The lowest BCUT2D eigenvalue weighted by atomic mass is 10.0. The highest BCUT2D eigenvalue weighted by molar-refractivity contribution is 5.29. The molecule has 2 aromatic carbocycles. The van der Waals surface area contributed by atoms with Crippen molar-refractivity contribution in [2.45, 2.75) is 19.3 Å². The molecule has 0 aliphatic rings. The van der Waals surface area contributed by atoms with Crippen molar-refractivity contribution in [3.63, 3.8) is 0 Å². The van der Waals surface area contributed by atoms with E-state index in [1.54, 1.807) is 12.1 Å². The van der Waals surface area contributed by atoms with Gasteiger partial charge in [-0.15, -0.1) is 0 Å². The van der Waals surface area contributed by atoms with Crippen molar-refractivity contribution in [2.24, 2.45) is 0 Å². The van der Waals surface area contributed by atoms with E-state index in [0.29, 0.717) is 12.2 Å². The molecule has 0 amide bonds. The number of hydrogen-bond acceptors (Lipinski definition) is 2. The summed E-state index contributed by atoms with van der Waals surface area (Å²) < 4.78 is 0. The van der Waals surface area contributed by atoms with Crippen molar-refractivity contribution in [3.8, 4) is 11.8 Å². The predicted molar refractivity (Wildman–Crippen MR) is 71.3 cm³/mol. The van der Waals surface area contributed by atoms with Crippen molar-refractivity contribution in [1.82, 2.24) is 0 Å². The fourth-order valence-electron chi connectivity index (χ4n) is 1.99. The summed E-state index contributed by atoms with van der Waals surface area (Å²) in [4.78, 5) is 0. The highest BCUT2D eigenvalue weighted by Gasteiger charge is 1.99. The van der Waals surface area contributed by atoms with E-state index in [9.17, 15) is 5.11 Å². The molecule has 18 heavy (non-hydrogen) atoms. The third kappa shape index (κ3) is 3.36. The Hall–Kier alpha value is -2.27. The molecule has 0 bridgehead atoms. The van der Waals surface area contributed by atoms with Gasteiger partial charge in [-0.05, 0) is 41.7 Å².